The van der Waals surface area contributed by atoms with Gasteiger partial charge in [0.05, 0.1) is 7.11 Å². The van der Waals surface area contributed by atoms with Gasteiger partial charge in [-0.3, -0.25) is 4.79 Å². The topological polar surface area (TPSA) is 35.5 Å². The van der Waals surface area contributed by atoms with E-state index in [0.29, 0.717) is 12.5 Å². The van der Waals surface area contributed by atoms with Gasteiger partial charge in [-0.1, -0.05) is 90.4 Å². The van der Waals surface area contributed by atoms with Crippen LogP contribution in [0, 0.1) is 0 Å². The molecule has 0 rings (SSSR count). The molecule has 0 N–H and O–H groups in total. The fourth-order valence-electron chi connectivity index (χ4n) is 3.77. The van der Waals surface area contributed by atoms with E-state index < -0.39 is 8.32 Å². The van der Waals surface area contributed by atoms with E-state index in [4.69, 9.17) is 4.43 Å². The van der Waals surface area contributed by atoms with Crippen molar-refractivity contribution in [1.29, 1.82) is 0 Å². The van der Waals surface area contributed by atoms with Gasteiger partial charge in [0.25, 0.3) is 0 Å². The third kappa shape index (κ3) is 20.4. The maximum Gasteiger partial charge on any atom is 0.305 e. The van der Waals surface area contributed by atoms with Crippen molar-refractivity contribution in [1.82, 2.24) is 0 Å². The van der Waals surface area contributed by atoms with Crippen molar-refractivity contribution in [2.24, 2.45) is 0 Å². The van der Waals surface area contributed by atoms with Gasteiger partial charge in [-0.05, 0) is 38.9 Å². The Labute approximate surface area is 177 Å². The lowest BCUT2D eigenvalue weighted by Gasteiger charge is -2.26. The van der Waals surface area contributed by atoms with Crippen LogP contribution in [0.15, 0.2) is 0 Å². The third-order valence-corrected chi connectivity index (χ3v) is 6.31. The Morgan fingerprint density at radius 3 is 1.54 bits per heavy atom. The summed E-state index contributed by atoms with van der Waals surface area (Å²) in [6, 6.07) is 0. The molecule has 0 spiro atoms. The summed E-state index contributed by atoms with van der Waals surface area (Å²) in [6.45, 7) is 9.19. The minimum atomic E-state index is -1.39. The van der Waals surface area contributed by atoms with E-state index in [1.807, 2.05) is 0 Å². The Balaban J connectivity index is 3.33. The summed E-state index contributed by atoms with van der Waals surface area (Å²) < 4.78 is 11.0. The van der Waals surface area contributed by atoms with Crippen LogP contribution in [-0.2, 0) is 14.0 Å². The number of rotatable bonds is 20. The van der Waals surface area contributed by atoms with Gasteiger partial charge >= 0.3 is 5.97 Å². The van der Waals surface area contributed by atoms with Crippen LogP contribution in [0.1, 0.15) is 116 Å². The lowest BCUT2D eigenvalue weighted by atomic mass is 10.0. The van der Waals surface area contributed by atoms with Crippen LogP contribution in [0.3, 0.4) is 0 Å². The summed E-state index contributed by atoms with van der Waals surface area (Å²) >= 11 is 0. The van der Waals surface area contributed by atoms with E-state index in [-0.39, 0.29) is 5.97 Å². The molecule has 0 saturated carbocycles. The number of carbonyl (C=O) groups is 1. The van der Waals surface area contributed by atoms with Crippen molar-refractivity contribution in [2.45, 2.75) is 142 Å². The molecule has 0 fully saturated rings. The molecule has 0 aliphatic carbocycles. The van der Waals surface area contributed by atoms with Gasteiger partial charge in [-0.25, -0.2) is 0 Å². The predicted molar refractivity (Wildman–Crippen MR) is 124 cm³/mol. The number of esters is 1. The van der Waals surface area contributed by atoms with Gasteiger partial charge in [0.15, 0.2) is 8.32 Å². The Kier molecular flexibility index (Phi) is 18.4. The summed E-state index contributed by atoms with van der Waals surface area (Å²) in [4.78, 5) is 11.0. The van der Waals surface area contributed by atoms with Crippen molar-refractivity contribution in [3.05, 3.63) is 0 Å². The zero-order valence-corrected chi connectivity index (χ0v) is 20.8. The number of hydrogen-bond acceptors (Lipinski definition) is 3. The van der Waals surface area contributed by atoms with Gasteiger partial charge in [0, 0.05) is 12.5 Å². The Hall–Kier alpha value is -0.353. The van der Waals surface area contributed by atoms with E-state index >= 15 is 0 Å². The summed E-state index contributed by atoms with van der Waals surface area (Å²) in [5.74, 6) is -0.0688. The Morgan fingerprint density at radius 2 is 1.14 bits per heavy atom. The lowest BCUT2D eigenvalue weighted by Crippen LogP contribution is -2.32. The maximum atomic E-state index is 11.0. The second kappa shape index (κ2) is 18.7. The SMILES string of the molecule is CCCC(CCCCCCCCCCCCCCCC(=O)OC)O[Si](C)(C)C. The van der Waals surface area contributed by atoms with Gasteiger partial charge in [-0.2, -0.15) is 0 Å². The molecule has 4 heteroatoms. The summed E-state index contributed by atoms with van der Waals surface area (Å²) in [7, 11) is 0.0784. The maximum absolute atomic E-state index is 11.0. The van der Waals surface area contributed by atoms with Crippen molar-refractivity contribution < 1.29 is 14.0 Å². The zero-order valence-electron chi connectivity index (χ0n) is 19.8. The number of carbonyl (C=O) groups excluding carboxylic acids is 1. The van der Waals surface area contributed by atoms with Crippen molar-refractivity contribution >= 4 is 14.3 Å². The minimum absolute atomic E-state index is 0.0688. The zero-order chi connectivity index (χ0) is 21.1. The van der Waals surface area contributed by atoms with Crippen molar-refractivity contribution in [2.75, 3.05) is 7.11 Å². The normalized spacial score (nSPS) is 12.9. The van der Waals surface area contributed by atoms with Crippen LogP contribution in [0.4, 0.5) is 0 Å². The first-order valence-corrected chi connectivity index (χ1v) is 15.5. The highest BCUT2D eigenvalue weighted by atomic mass is 28.4. The molecule has 28 heavy (non-hydrogen) atoms. The Bertz CT molecular complexity index is 352. The van der Waals surface area contributed by atoms with Crippen LogP contribution in [0.5, 0.6) is 0 Å². The molecule has 0 heterocycles. The van der Waals surface area contributed by atoms with E-state index in [1.54, 1.807) is 0 Å². The first kappa shape index (κ1) is 27.6. The van der Waals surface area contributed by atoms with Gasteiger partial charge in [0.2, 0.25) is 0 Å². The molecule has 0 aliphatic rings. The molecule has 0 saturated heterocycles. The molecule has 0 radical (unpaired) electrons. The van der Waals surface area contributed by atoms with Crippen LogP contribution in [-0.4, -0.2) is 27.5 Å². The minimum Gasteiger partial charge on any atom is -0.469 e. The monoisotopic (exact) mass is 414 g/mol. The molecule has 0 bridgehead atoms. The van der Waals surface area contributed by atoms with E-state index in [2.05, 4.69) is 31.3 Å². The quantitative estimate of drug-likeness (QED) is 0.115. The average Bonchev–Trinajstić information content (AvgIpc) is 2.63. The third-order valence-electron chi connectivity index (χ3n) is 5.27. The van der Waals surface area contributed by atoms with Gasteiger partial charge in [-0.15, -0.1) is 0 Å². The predicted octanol–water partition coefficient (Wildman–Crippen LogP) is 8.03. The molecule has 0 aromatic rings. The van der Waals surface area contributed by atoms with Gasteiger partial charge < -0.3 is 9.16 Å². The second-order valence-corrected chi connectivity index (χ2v) is 13.8. The fraction of sp³-hybridized carbons (Fsp3) is 0.958. The highest BCUT2D eigenvalue weighted by Crippen LogP contribution is 2.19. The van der Waals surface area contributed by atoms with E-state index in [9.17, 15) is 4.79 Å². The molecule has 3 nitrogen and oxygen atoms in total. The second-order valence-electron chi connectivity index (χ2n) is 9.35. The highest BCUT2D eigenvalue weighted by molar-refractivity contribution is 6.69. The Morgan fingerprint density at radius 1 is 0.714 bits per heavy atom. The first-order valence-electron chi connectivity index (χ1n) is 12.1. The molecular formula is C24H50O3Si. The van der Waals surface area contributed by atoms with Crippen LogP contribution in [0.2, 0.25) is 19.6 Å². The number of methoxy groups -OCH3 is 1. The summed E-state index contributed by atoms with van der Waals surface area (Å²) in [6.07, 6.45) is 22.0. The number of hydrogen-bond donors (Lipinski definition) is 0. The molecule has 1 atom stereocenters. The molecule has 0 amide bonds. The molecule has 1 unspecified atom stereocenters. The molecule has 168 valence electrons. The highest BCUT2D eigenvalue weighted by Gasteiger charge is 2.20. The van der Waals surface area contributed by atoms with Crippen molar-refractivity contribution in [3.63, 3.8) is 0 Å². The molecule has 0 aliphatic heterocycles. The van der Waals surface area contributed by atoms with Crippen LogP contribution in [0.25, 0.3) is 0 Å². The average molecular weight is 415 g/mol. The first-order chi connectivity index (χ1) is 13.4. The molecule has 0 aromatic carbocycles. The molecule has 0 aromatic heterocycles. The number of unbranched alkanes of at least 4 members (excludes halogenated alkanes) is 12. The van der Waals surface area contributed by atoms with E-state index in [0.717, 1.165) is 12.8 Å². The summed E-state index contributed by atoms with van der Waals surface area (Å²) in [5, 5.41) is 0. The smallest absolute Gasteiger partial charge is 0.305 e. The molecular weight excluding hydrogens is 364 g/mol. The van der Waals surface area contributed by atoms with E-state index in [1.165, 1.54) is 97.0 Å². The van der Waals surface area contributed by atoms with Gasteiger partial charge in [0.1, 0.15) is 0 Å². The lowest BCUT2D eigenvalue weighted by molar-refractivity contribution is -0.140. The van der Waals surface area contributed by atoms with Crippen LogP contribution >= 0.6 is 0 Å². The number of ether oxygens (including phenoxy) is 1. The van der Waals surface area contributed by atoms with Crippen molar-refractivity contribution in [3.8, 4) is 0 Å². The van der Waals surface area contributed by atoms with Crippen LogP contribution < -0.4 is 0 Å². The summed E-state index contributed by atoms with van der Waals surface area (Å²) in [5.41, 5.74) is 0. The largest absolute Gasteiger partial charge is 0.469 e. The standard InChI is InChI=1S/C24H50O3Si/c1-6-20-23(27-28(3,4)5)21-18-16-14-12-10-8-7-9-11-13-15-17-19-22-24(25)26-2/h23H,6-22H2,1-5H3. The fourth-order valence-corrected chi connectivity index (χ4v) is 5.01.